The lowest BCUT2D eigenvalue weighted by Crippen LogP contribution is -2.44. The lowest BCUT2D eigenvalue weighted by molar-refractivity contribution is -0.110. The van der Waals surface area contributed by atoms with Crippen LogP contribution in [0.1, 0.15) is 38.1 Å². The maximum absolute atomic E-state index is 13.0. The number of thiazole rings is 1. The van der Waals surface area contributed by atoms with Crippen molar-refractivity contribution in [1.82, 2.24) is 4.57 Å². The van der Waals surface area contributed by atoms with Crippen LogP contribution >= 0.6 is 22.1 Å². The van der Waals surface area contributed by atoms with Crippen molar-refractivity contribution >= 4 is 28.0 Å². The molecule has 3 rings (SSSR count). The summed E-state index contributed by atoms with van der Waals surface area (Å²) in [5.74, 6) is 0.135. The molecule has 0 aliphatic carbocycles. The van der Waals surface area contributed by atoms with Crippen LogP contribution in [0.25, 0.3) is 0 Å². The highest BCUT2D eigenvalue weighted by Gasteiger charge is 2.36. The predicted octanol–water partition coefficient (Wildman–Crippen LogP) is 4.43. The quantitative estimate of drug-likeness (QED) is 0.702. The van der Waals surface area contributed by atoms with E-state index < -0.39 is 0 Å². The van der Waals surface area contributed by atoms with Gasteiger partial charge in [0.25, 0.3) is 5.91 Å². The normalized spacial score (nSPS) is 17.6. The average molecular weight is 410 g/mol. The first-order valence-corrected chi connectivity index (χ1v) is 10.5. The first kappa shape index (κ1) is 20.1. The van der Waals surface area contributed by atoms with Crippen LogP contribution in [-0.2, 0) is 16.0 Å². The lowest BCUT2D eigenvalue weighted by Gasteiger charge is -2.37. The Morgan fingerprint density at radius 3 is 2.67 bits per heavy atom. The fourth-order valence-electron chi connectivity index (χ4n) is 3.04. The molecule has 1 saturated heterocycles. The van der Waals surface area contributed by atoms with Gasteiger partial charge >= 0.3 is 4.80 Å². The summed E-state index contributed by atoms with van der Waals surface area (Å²) in [4.78, 5) is 18.3. The number of methoxy groups -OCH3 is 1. The van der Waals surface area contributed by atoms with Gasteiger partial charge in [0.1, 0.15) is 10.5 Å². The van der Waals surface area contributed by atoms with Gasteiger partial charge in [-0.2, -0.15) is 0 Å². The number of amides is 1. The van der Waals surface area contributed by atoms with E-state index in [-0.39, 0.29) is 26.5 Å². The Kier molecular flexibility index (Phi) is 5.52. The summed E-state index contributed by atoms with van der Waals surface area (Å²) in [5, 5.41) is 2.64. The van der Waals surface area contributed by atoms with E-state index in [1.54, 1.807) is 18.2 Å². The minimum Gasteiger partial charge on any atom is -0.496 e. The van der Waals surface area contributed by atoms with Gasteiger partial charge in [-0.3, -0.25) is 9.36 Å². The maximum Gasteiger partial charge on any atom is 0.350 e. The minimum absolute atomic E-state index is 0.0280. The third-order valence-corrected chi connectivity index (χ3v) is 7.19. The fourth-order valence-corrected chi connectivity index (χ4v) is 5.12. The largest absolute Gasteiger partial charge is 0.496 e. The minimum atomic E-state index is -0.338. The molecule has 0 spiro atoms. The number of halogens is 1. The van der Waals surface area contributed by atoms with E-state index in [9.17, 15) is 4.79 Å². The average Bonchev–Trinajstić information content (AvgIpc) is 2.95. The van der Waals surface area contributed by atoms with Crippen LogP contribution in [0.5, 0.6) is 5.75 Å². The van der Waals surface area contributed by atoms with Crippen molar-refractivity contribution in [2.75, 3.05) is 20.3 Å². The number of ether oxygens (including phenoxy) is 2. The summed E-state index contributed by atoms with van der Waals surface area (Å²) in [6.45, 7) is 10.9. The molecule has 0 saturated carbocycles. The van der Waals surface area contributed by atoms with Crippen molar-refractivity contribution in [3.8, 4) is 5.75 Å². The van der Waals surface area contributed by atoms with Gasteiger partial charge in [-0.05, 0) is 39.0 Å². The van der Waals surface area contributed by atoms with Gasteiger partial charge in [-0.15, -0.1) is 4.99 Å². The van der Waals surface area contributed by atoms with E-state index >= 15 is 0 Å². The molecule has 0 N–H and O–H groups in total. The highest BCUT2D eigenvalue weighted by Crippen LogP contribution is 2.34. The molecule has 0 bridgehead atoms. The molecule has 2 aromatic rings. The molecule has 1 unspecified atom stereocenters. The fraction of sp³-hybridized carbons (Fsp3) is 0.500. The number of carbonyl (C=O) groups is 1. The monoisotopic (exact) mass is 409 g/mol. The number of carbonyl (C=O) groups excluding carboxylic acids is 1. The van der Waals surface area contributed by atoms with E-state index in [4.69, 9.17) is 21.1 Å². The Hall–Kier alpha value is -1.63. The molecule has 1 aromatic heterocycles. The number of hydrogen-bond acceptors (Lipinski definition) is 3. The van der Waals surface area contributed by atoms with E-state index in [1.807, 2.05) is 0 Å². The third-order valence-electron chi connectivity index (χ3n) is 4.52. The standard InChI is InChI=1S/C20H26ClN2O3S/c1-19(2,3)27-9-8-23(11-20(4)12-26-13-20)18(27)22-17(24)15-10-14(21)6-7-16(15)25-5/h6-10H,11-13H2,1-5H3/q+1. The van der Waals surface area contributed by atoms with Crippen molar-refractivity contribution < 1.29 is 14.3 Å². The highest BCUT2D eigenvalue weighted by molar-refractivity contribution is 7.29. The second-order valence-corrected chi connectivity index (χ2v) is 11.2. The van der Waals surface area contributed by atoms with E-state index in [0.29, 0.717) is 16.3 Å². The molecule has 146 valence electrons. The molecule has 1 fully saturated rings. The molecule has 27 heavy (non-hydrogen) atoms. The third kappa shape index (κ3) is 4.28. The van der Waals surface area contributed by atoms with Gasteiger partial charge in [0.05, 0.1) is 32.1 Å². The van der Waals surface area contributed by atoms with Crippen molar-refractivity contribution in [3.63, 3.8) is 0 Å². The van der Waals surface area contributed by atoms with E-state index in [0.717, 1.165) is 24.6 Å². The zero-order chi connectivity index (χ0) is 19.8. The number of nitrogens with zero attached hydrogens (tertiary/aromatic N) is 2. The molecular formula is C20H26ClN2O3S+. The maximum atomic E-state index is 13.0. The second kappa shape index (κ2) is 7.41. The summed E-state index contributed by atoms with van der Waals surface area (Å²) >= 11 is 6.09. The molecule has 7 heteroatoms. The Bertz CT molecular complexity index is 920. The summed E-state index contributed by atoms with van der Waals surface area (Å²) in [7, 11) is 1.26. The van der Waals surface area contributed by atoms with Gasteiger partial charge < -0.3 is 9.47 Å². The number of hydrogen-bond donors (Lipinski definition) is 0. The lowest BCUT2D eigenvalue weighted by atomic mass is 9.89. The Balaban J connectivity index is 2.09. The molecule has 1 atom stereocenters. The Morgan fingerprint density at radius 1 is 1.41 bits per heavy atom. The Labute approximate surface area is 167 Å². The summed E-state index contributed by atoms with van der Waals surface area (Å²) in [6, 6.07) is 5.00. The van der Waals surface area contributed by atoms with Crippen LogP contribution in [0, 0.1) is 5.41 Å². The first-order valence-electron chi connectivity index (χ1n) is 8.85. The van der Waals surface area contributed by atoms with Crippen LogP contribution < -0.4 is 9.54 Å². The number of rotatable bonds is 4. The van der Waals surface area contributed by atoms with Gasteiger partial charge in [-0.1, -0.05) is 18.5 Å². The molecule has 5 nitrogen and oxygen atoms in total. The van der Waals surface area contributed by atoms with E-state index in [2.05, 4.69) is 48.8 Å². The predicted molar refractivity (Wildman–Crippen MR) is 109 cm³/mol. The van der Waals surface area contributed by atoms with Gasteiger partial charge in [0, 0.05) is 27.5 Å². The van der Waals surface area contributed by atoms with Crippen LogP contribution in [0.4, 0.5) is 0 Å². The van der Waals surface area contributed by atoms with Crippen molar-refractivity contribution in [2.45, 2.75) is 39.0 Å². The SMILES string of the molecule is COc1ccc(Cl)cc1C(=O)N=c1n(CC2(C)COC2)cc[s+]1C(C)(C)C. The summed E-state index contributed by atoms with van der Waals surface area (Å²) in [5.41, 5.74) is 0.457. The molecular weight excluding hydrogens is 384 g/mol. The zero-order valence-electron chi connectivity index (χ0n) is 16.4. The molecule has 1 aromatic carbocycles. The summed E-state index contributed by atoms with van der Waals surface area (Å²) in [6.07, 6.45) is 2.05. The van der Waals surface area contributed by atoms with Crippen molar-refractivity contribution in [1.29, 1.82) is 0 Å². The van der Waals surface area contributed by atoms with Crippen LogP contribution in [0.15, 0.2) is 34.8 Å². The number of aromatic nitrogens is 1. The molecule has 0 radical (unpaired) electrons. The van der Waals surface area contributed by atoms with Crippen LogP contribution in [0.2, 0.25) is 5.02 Å². The molecule has 1 amide bonds. The Morgan fingerprint density at radius 2 is 2.11 bits per heavy atom. The molecule has 2 heterocycles. The van der Waals surface area contributed by atoms with Crippen molar-refractivity contribution in [2.24, 2.45) is 10.4 Å². The van der Waals surface area contributed by atoms with E-state index in [1.165, 1.54) is 7.11 Å². The highest BCUT2D eigenvalue weighted by atomic mass is 35.5. The smallest absolute Gasteiger partial charge is 0.350 e. The van der Waals surface area contributed by atoms with Gasteiger partial charge in [0.2, 0.25) is 0 Å². The van der Waals surface area contributed by atoms with Gasteiger partial charge in [-0.25, -0.2) is 0 Å². The van der Waals surface area contributed by atoms with Crippen LogP contribution in [-0.4, -0.2) is 30.8 Å². The molecule has 1 aliphatic heterocycles. The van der Waals surface area contributed by atoms with Crippen LogP contribution in [0.3, 0.4) is 0 Å². The zero-order valence-corrected chi connectivity index (χ0v) is 18.0. The first-order chi connectivity index (χ1) is 12.6. The second-order valence-electron chi connectivity index (χ2n) is 8.21. The number of benzene rings is 1. The molecule has 1 aliphatic rings. The topological polar surface area (TPSA) is 52.8 Å². The van der Waals surface area contributed by atoms with Crippen molar-refractivity contribution in [3.05, 3.63) is 45.2 Å². The van der Waals surface area contributed by atoms with Gasteiger partial charge in [0.15, 0.2) is 5.38 Å². The summed E-state index contributed by atoms with van der Waals surface area (Å²) < 4.78 is 12.8.